The van der Waals surface area contributed by atoms with Crippen LogP contribution in [0.1, 0.15) is 471 Å². The molecule has 0 aromatic carbocycles. The number of phosphoric ester groups is 2. The molecule has 5 atom stereocenters. The van der Waals surface area contributed by atoms with Gasteiger partial charge < -0.3 is 33.8 Å². The van der Waals surface area contributed by atoms with Crippen LogP contribution in [0.5, 0.6) is 0 Å². The number of esters is 4. The Kier molecular flexibility index (Phi) is 81.6. The normalized spacial score (nSPS) is 13.8. The molecule has 0 heterocycles. The summed E-state index contributed by atoms with van der Waals surface area (Å²) in [5.74, 6) is -2.13. The maximum absolute atomic E-state index is 13.2. The first-order valence-corrected chi connectivity index (χ1v) is 49.1. The summed E-state index contributed by atoms with van der Waals surface area (Å²) < 4.78 is 68.9. The molecule has 0 bridgehead atoms. The Bertz CT molecular complexity index is 2150. The number of aliphatic hydroxyl groups excluding tert-OH is 1. The van der Waals surface area contributed by atoms with Crippen LogP contribution in [0, 0.1) is 0 Å². The van der Waals surface area contributed by atoms with Crippen LogP contribution in [0.2, 0.25) is 0 Å². The smallest absolute Gasteiger partial charge is 0.462 e. The highest BCUT2D eigenvalue weighted by molar-refractivity contribution is 7.47. The first-order chi connectivity index (χ1) is 53.2. The van der Waals surface area contributed by atoms with E-state index in [1.807, 2.05) is 0 Å². The summed E-state index contributed by atoms with van der Waals surface area (Å²) in [5, 5.41) is 10.7. The predicted octanol–water partition coefficient (Wildman–Crippen LogP) is 27.6. The van der Waals surface area contributed by atoms with Crippen molar-refractivity contribution < 1.29 is 80.2 Å². The average Bonchev–Trinajstić information content (AvgIpc) is 0.900. The summed E-state index contributed by atoms with van der Waals surface area (Å²) >= 11 is 0. The number of hydrogen-bond acceptors (Lipinski definition) is 15. The van der Waals surface area contributed by atoms with Crippen molar-refractivity contribution in [2.45, 2.75) is 489 Å². The van der Waals surface area contributed by atoms with E-state index in [-0.39, 0.29) is 25.7 Å². The third kappa shape index (κ3) is 83.3. The summed E-state index contributed by atoms with van der Waals surface area (Å²) in [4.78, 5) is 73.3. The third-order valence-corrected chi connectivity index (χ3v) is 22.6. The monoisotopic (exact) mass is 1590 g/mol. The van der Waals surface area contributed by atoms with E-state index < -0.39 is 97.5 Å². The number of carbonyl (C=O) groups is 4. The summed E-state index contributed by atoms with van der Waals surface area (Å²) in [5.41, 5.74) is 0. The second-order valence-electron chi connectivity index (χ2n) is 31.7. The number of phosphoric acid groups is 2. The van der Waals surface area contributed by atoms with Crippen molar-refractivity contribution in [3.63, 3.8) is 0 Å². The van der Waals surface area contributed by atoms with Crippen LogP contribution in [0.15, 0.2) is 24.3 Å². The molecular weight excluding hydrogens is 1410 g/mol. The standard InChI is InChI=1S/C90H172O17P2/c1-5-9-13-17-21-25-29-32-35-37-39-41-43-45-47-50-52-55-59-63-67-71-75-88(93)101-81-86(107-90(95)77-73-69-65-61-57-54-51-48-46-44-42-40-38-36-33-30-26-22-18-14-10-6-2)83-105-109(98,99)103-79-84(91)78-102-108(96,97)104-82-85(80-100-87(92)74-70-66-62-58-28-24-20-16-12-8-4)106-89(94)76-72-68-64-60-56-53-49-34-31-27-23-19-15-11-7-3/h27,31,34,49,84-86,91H,5-26,28-30,32-33,35-48,50-83H2,1-4H3,(H,96,97)(H,98,99)/b31-27-,49-34-/t84-,85+,86+/m0/s1. The Morgan fingerprint density at radius 3 is 0.670 bits per heavy atom. The minimum atomic E-state index is -4.97. The Morgan fingerprint density at radius 1 is 0.257 bits per heavy atom. The van der Waals surface area contributed by atoms with E-state index in [4.69, 9.17) is 37.0 Å². The lowest BCUT2D eigenvalue weighted by Crippen LogP contribution is -2.30. The summed E-state index contributed by atoms with van der Waals surface area (Å²) in [6, 6.07) is 0. The SMILES string of the molecule is CCCCCC/C=C\C=C/CCCCCCCC(=O)O[C@H](COC(=O)CCCCCCCCCCCC)COP(=O)(O)OC[C@H](O)COP(=O)(O)OC[C@@H](COC(=O)CCCCCCCCCCCCCCCCCCCCCCCC)OC(=O)CCCCCCCCCCCCCCCCCCCCCCCC. The lowest BCUT2D eigenvalue weighted by Gasteiger charge is -2.21. The van der Waals surface area contributed by atoms with Crippen molar-refractivity contribution >= 4 is 39.5 Å². The average molecular weight is 1590 g/mol. The van der Waals surface area contributed by atoms with Crippen molar-refractivity contribution in [3.05, 3.63) is 24.3 Å². The largest absolute Gasteiger partial charge is 0.472 e. The molecule has 0 fully saturated rings. The first-order valence-electron chi connectivity index (χ1n) is 46.1. The number of ether oxygens (including phenoxy) is 4. The van der Waals surface area contributed by atoms with Crippen molar-refractivity contribution in [2.24, 2.45) is 0 Å². The highest BCUT2D eigenvalue weighted by Gasteiger charge is 2.30. The minimum Gasteiger partial charge on any atom is -0.462 e. The van der Waals surface area contributed by atoms with E-state index in [0.717, 1.165) is 103 Å². The Morgan fingerprint density at radius 2 is 0.440 bits per heavy atom. The summed E-state index contributed by atoms with van der Waals surface area (Å²) in [7, 11) is -9.94. The lowest BCUT2D eigenvalue weighted by molar-refractivity contribution is -0.161. The molecule has 0 amide bonds. The maximum atomic E-state index is 13.2. The zero-order chi connectivity index (χ0) is 79.6. The molecule has 3 N–H and O–H groups in total. The molecule has 0 saturated heterocycles. The van der Waals surface area contributed by atoms with Gasteiger partial charge in [0.05, 0.1) is 26.4 Å². The van der Waals surface area contributed by atoms with Crippen LogP contribution in [0.3, 0.4) is 0 Å². The van der Waals surface area contributed by atoms with E-state index in [9.17, 15) is 43.2 Å². The molecule has 0 aliphatic carbocycles. The number of hydrogen-bond donors (Lipinski definition) is 3. The number of rotatable bonds is 89. The number of unbranched alkanes of at least 4 members (excludes halogenated alkanes) is 60. The van der Waals surface area contributed by atoms with E-state index in [1.165, 1.54) is 289 Å². The summed E-state index contributed by atoms with van der Waals surface area (Å²) in [6.45, 7) is 4.99. The van der Waals surface area contributed by atoms with Crippen molar-refractivity contribution in [3.8, 4) is 0 Å². The maximum Gasteiger partial charge on any atom is 0.472 e. The van der Waals surface area contributed by atoms with Gasteiger partial charge in [-0.05, 0) is 51.4 Å². The number of aliphatic hydroxyl groups is 1. The van der Waals surface area contributed by atoms with Crippen molar-refractivity contribution in [1.29, 1.82) is 0 Å². The van der Waals surface area contributed by atoms with Crippen LogP contribution in [0.25, 0.3) is 0 Å². The molecule has 109 heavy (non-hydrogen) atoms. The predicted molar refractivity (Wildman–Crippen MR) is 451 cm³/mol. The Hall–Kier alpha value is -2.46. The molecule has 19 heteroatoms. The van der Waals surface area contributed by atoms with Gasteiger partial charge in [0.25, 0.3) is 0 Å². The molecule has 0 spiro atoms. The molecule has 0 aromatic rings. The van der Waals surface area contributed by atoms with Gasteiger partial charge in [-0.1, -0.05) is 418 Å². The molecule has 17 nitrogen and oxygen atoms in total. The molecule has 0 aliphatic rings. The van der Waals surface area contributed by atoms with Crippen LogP contribution in [0.4, 0.5) is 0 Å². The fourth-order valence-electron chi connectivity index (χ4n) is 13.7. The van der Waals surface area contributed by atoms with E-state index in [1.54, 1.807) is 0 Å². The first kappa shape index (κ1) is 107. The van der Waals surface area contributed by atoms with Crippen LogP contribution in [-0.2, 0) is 65.4 Å². The van der Waals surface area contributed by atoms with Gasteiger partial charge in [0.1, 0.15) is 19.3 Å². The zero-order valence-corrected chi connectivity index (χ0v) is 72.8. The van der Waals surface area contributed by atoms with Gasteiger partial charge in [0.2, 0.25) is 0 Å². The van der Waals surface area contributed by atoms with Gasteiger partial charge in [0.15, 0.2) is 12.2 Å². The van der Waals surface area contributed by atoms with Gasteiger partial charge in [0, 0.05) is 25.7 Å². The van der Waals surface area contributed by atoms with Crippen molar-refractivity contribution in [2.75, 3.05) is 39.6 Å². The van der Waals surface area contributed by atoms with Crippen molar-refractivity contribution in [1.82, 2.24) is 0 Å². The fraction of sp³-hybridized carbons (Fsp3) is 0.911. The van der Waals surface area contributed by atoms with Crippen LogP contribution < -0.4 is 0 Å². The van der Waals surface area contributed by atoms with E-state index in [2.05, 4.69) is 52.0 Å². The summed E-state index contributed by atoms with van der Waals surface area (Å²) in [6.07, 6.45) is 83.0. The second kappa shape index (κ2) is 83.5. The van der Waals surface area contributed by atoms with Crippen LogP contribution in [-0.4, -0.2) is 96.7 Å². The Labute approximate surface area is 669 Å². The van der Waals surface area contributed by atoms with Crippen LogP contribution >= 0.6 is 15.6 Å². The highest BCUT2D eigenvalue weighted by atomic mass is 31.2. The molecule has 0 aliphatic heterocycles. The molecule has 0 aromatic heterocycles. The Balaban J connectivity index is 5.22. The molecule has 0 rings (SSSR count). The molecule has 2 unspecified atom stereocenters. The quantitative estimate of drug-likeness (QED) is 0.0169. The van der Waals surface area contributed by atoms with Gasteiger partial charge in [-0.3, -0.25) is 37.3 Å². The topological polar surface area (TPSA) is 237 Å². The second-order valence-corrected chi connectivity index (χ2v) is 34.6. The van der Waals surface area contributed by atoms with Gasteiger partial charge in [-0.25, -0.2) is 9.13 Å². The highest BCUT2D eigenvalue weighted by Crippen LogP contribution is 2.45. The zero-order valence-electron chi connectivity index (χ0n) is 71.0. The third-order valence-electron chi connectivity index (χ3n) is 20.7. The number of allylic oxidation sites excluding steroid dienone is 4. The van der Waals surface area contributed by atoms with E-state index in [0.29, 0.717) is 25.7 Å². The fourth-order valence-corrected chi connectivity index (χ4v) is 15.3. The molecule has 0 saturated carbocycles. The van der Waals surface area contributed by atoms with Gasteiger partial charge in [-0.15, -0.1) is 0 Å². The molecule has 0 radical (unpaired) electrons. The minimum absolute atomic E-state index is 0.0859. The molecular formula is C90H172O17P2. The molecule has 644 valence electrons. The lowest BCUT2D eigenvalue weighted by atomic mass is 10.0. The van der Waals surface area contributed by atoms with Gasteiger partial charge in [-0.2, -0.15) is 0 Å². The number of carbonyl (C=O) groups excluding carboxylic acids is 4. The van der Waals surface area contributed by atoms with Gasteiger partial charge >= 0.3 is 39.5 Å². The van der Waals surface area contributed by atoms with E-state index >= 15 is 0 Å².